The Morgan fingerprint density at radius 3 is 2.87 bits per heavy atom. The van der Waals surface area contributed by atoms with Crippen molar-refractivity contribution in [1.29, 1.82) is 0 Å². The fourth-order valence-corrected chi connectivity index (χ4v) is 3.43. The minimum absolute atomic E-state index is 0.00171. The van der Waals surface area contributed by atoms with Gasteiger partial charge in [-0.3, -0.25) is 4.79 Å². The molecule has 1 N–H and O–H groups in total. The highest BCUT2D eigenvalue weighted by Gasteiger charge is 2.16. The van der Waals surface area contributed by atoms with Crippen LogP contribution in [0.5, 0.6) is 0 Å². The highest BCUT2D eigenvalue weighted by molar-refractivity contribution is 7.11. The van der Waals surface area contributed by atoms with Gasteiger partial charge in [0.05, 0.1) is 28.1 Å². The van der Waals surface area contributed by atoms with E-state index in [-0.39, 0.29) is 11.9 Å². The standard InChI is InChI=1S/C17H20N4OS/c1-11-13(3)23-16(20-11)8-9-18-17(22)12(2)21-10-19-14-6-4-5-7-15(14)21/h4-7,10,12H,8-9H2,1-3H3,(H,18,22). The topological polar surface area (TPSA) is 59.8 Å². The second-order valence-electron chi connectivity index (χ2n) is 5.61. The van der Waals surface area contributed by atoms with Crippen LogP contribution in [0.1, 0.15) is 28.5 Å². The number of fused-ring (bicyclic) bond motifs is 1. The van der Waals surface area contributed by atoms with Crippen LogP contribution in [0.4, 0.5) is 0 Å². The van der Waals surface area contributed by atoms with E-state index in [0.717, 1.165) is 28.2 Å². The minimum Gasteiger partial charge on any atom is -0.354 e. The van der Waals surface area contributed by atoms with Gasteiger partial charge in [-0.05, 0) is 32.9 Å². The number of hydrogen-bond donors (Lipinski definition) is 1. The number of benzene rings is 1. The lowest BCUT2D eigenvalue weighted by Crippen LogP contribution is -2.32. The summed E-state index contributed by atoms with van der Waals surface area (Å²) in [4.78, 5) is 22.4. The van der Waals surface area contributed by atoms with E-state index in [0.29, 0.717) is 6.54 Å². The predicted molar refractivity (Wildman–Crippen MR) is 92.7 cm³/mol. The largest absolute Gasteiger partial charge is 0.354 e. The molecule has 0 fully saturated rings. The summed E-state index contributed by atoms with van der Waals surface area (Å²) in [5, 5.41) is 4.06. The average molecular weight is 328 g/mol. The Kier molecular flexibility index (Phi) is 4.43. The molecule has 1 unspecified atom stereocenters. The number of aromatic nitrogens is 3. The summed E-state index contributed by atoms with van der Waals surface area (Å²) >= 11 is 1.70. The predicted octanol–water partition coefficient (Wildman–Crippen LogP) is 3.03. The van der Waals surface area contributed by atoms with Gasteiger partial charge in [0, 0.05) is 17.8 Å². The number of nitrogens with zero attached hydrogens (tertiary/aromatic N) is 3. The molecule has 120 valence electrons. The van der Waals surface area contributed by atoms with Gasteiger partial charge < -0.3 is 9.88 Å². The van der Waals surface area contributed by atoms with Crippen LogP contribution in [-0.2, 0) is 11.2 Å². The van der Waals surface area contributed by atoms with E-state index in [1.807, 2.05) is 42.7 Å². The number of carbonyl (C=O) groups excluding carboxylic acids is 1. The number of imidazole rings is 1. The van der Waals surface area contributed by atoms with Gasteiger partial charge in [-0.1, -0.05) is 12.1 Å². The van der Waals surface area contributed by atoms with Gasteiger partial charge in [0.15, 0.2) is 0 Å². The Bertz CT molecular complexity index is 817. The van der Waals surface area contributed by atoms with E-state index in [4.69, 9.17) is 0 Å². The Morgan fingerprint density at radius 2 is 2.13 bits per heavy atom. The second-order valence-corrected chi connectivity index (χ2v) is 6.89. The molecule has 1 aromatic carbocycles. The van der Waals surface area contributed by atoms with Crippen LogP contribution in [-0.4, -0.2) is 27.0 Å². The summed E-state index contributed by atoms with van der Waals surface area (Å²) in [6.45, 7) is 6.57. The maximum atomic E-state index is 12.4. The van der Waals surface area contributed by atoms with Gasteiger partial charge in [-0.15, -0.1) is 11.3 Å². The summed E-state index contributed by atoms with van der Waals surface area (Å²) in [7, 11) is 0. The molecule has 1 amide bonds. The van der Waals surface area contributed by atoms with Crippen molar-refractivity contribution < 1.29 is 4.79 Å². The van der Waals surface area contributed by atoms with Crippen LogP contribution >= 0.6 is 11.3 Å². The quantitative estimate of drug-likeness (QED) is 0.783. The maximum absolute atomic E-state index is 12.4. The first-order valence-electron chi connectivity index (χ1n) is 7.68. The number of nitrogens with one attached hydrogen (secondary N) is 1. The molecule has 3 rings (SSSR count). The number of amides is 1. The van der Waals surface area contributed by atoms with E-state index in [1.165, 1.54) is 4.88 Å². The molecule has 3 aromatic rings. The molecule has 0 spiro atoms. The summed E-state index contributed by atoms with van der Waals surface area (Å²) in [6, 6.07) is 7.54. The molecular formula is C17H20N4OS. The van der Waals surface area contributed by atoms with Gasteiger partial charge in [-0.2, -0.15) is 0 Å². The molecule has 0 bridgehead atoms. The van der Waals surface area contributed by atoms with Crippen LogP contribution in [0.3, 0.4) is 0 Å². The normalized spacial score (nSPS) is 12.5. The van der Waals surface area contributed by atoms with Gasteiger partial charge >= 0.3 is 0 Å². The minimum atomic E-state index is -0.290. The number of rotatable bonds is 5. The molecule has 0 aliphatic heterocycles. The lowest BCUT2D eigenvalue weighted by atomic mass is 10.2. The van der Waals surface area contributed by atoms with E-state index >= 15 is 0 Å². The third kappa shape index (κ3) is 3.27. The molecule has 0 radical (unpaired) electrons. The molecule has 0 aliphatic carbocycles. The maximum Gasteiger partial charge on any atom is 0.242 e. The second kappa shape index (κ2) is 6.50. The zero-order chi connectivity index (χ0) is 16.4. The van der Waals surface area contributed by atoms with Crippen molar-refractivity contribution in [3.63, 3.8) is 0 Å². The fraction of sp³-hybridized carbons (Fsp3) is 0.353. The van der Waals surface area contributed by atoms with Crippen LogP contribution in [0.2, 0.25) is 0 Å². The van der Waals surface area contributed by atoms with E-state index in [1.54, 1.807) is 17.7 Å². The number of carbonyl (C=O) groups is 1. The fourth-order valence-electron chi connectivity index (χ4n) is 2.50. The number of aryl methyl sites for hydroxylation is 2. The van der Waals surface area contributed by atoms with E-state index in [2.05, 4.69) is 22.2 Å². The Balaban J connectivity index is 1.61. The summed E-state index contributed by atoms with van der Waals surface area (Å²) in [5.41, 5.74) is 2.96. The van der Waals surface area contributed by atoms with Crippen LogP contribution in [0.15, 0.2) is 30.6 Å². The number of hydrogen-bond acceptors (Lipinski definition) is 4. The monoisotopic (exact) mass is 328 g/mol. The average Bonchev–Trinajstić information content (AvgIpc) is 3.10. The molecular weight excluding hydrogens is 308 g/mol. The van der Waals surface area contributed by atoms with Crippen LogP contribution in [0.25, 0.3) is 11.0 Å². The molecule has 2 aromatic heterocycles. The van der Waals surface area contributed by atoms with Crippen molar-refractivity contribution >= 4 is 28.3 Å². The first-order valence-corrected chi connectivity index (χ1v) is 8.50. The highest BCUT2D eigenvalue weighted by atomic mass is 32.1. The van der Waals surface area contributed by atoms with Crippen molar-refractivity contribution in [1.82, 2.24) is 19.9 Å². The summed E-state index contributed by atoms with van der Waals surface area (Å²) < 4.78 is 1.91. The van der Waals surface area contributed by atoms with Crippen molar-refractivity contribution in [3.05, 3.63) is 46.2 Å². The Hall–Kier alpha value is -2.21. The zero-order valence-corrected chi connectivity index (χ0v) is 14.4. The van der Waals surface area contributed by atoms with E-state index < -0.39 is 0 Å². The first-order chi connectivity index (χ1) is 11.1. The molecule has 2 heterocycles. The molecule has 1 atom stereocenters. The van der Waals surface area contributed by atoms with Crippen molar-refractivity contribution in [3.8, 4) is 0 Å². The summed E-state index contributed by atoms with van der Waals surface area (Å²) in [5.74, 6) is -0.00171. The van der Waals surface area contributed by atoms with Crippen molar-refractivity contribution in [2.75, 3.05) is 6.54 Å². The summed E-state index contributed by atoms with van der Waals surface area (Å²) in [6.07, 6.45) is 2.49. The highest BCUT2D eigenvalue weighted by Crippen LogP contribution is 2.18. The van der Waals surface area contributed by atoms with Gasteiger partial charge in [0.2, 0.25) is 5.91 Å². The van der Waals surface area contributed by atoms with Crippen molar-refractivity contribution in [2.45, 2.75) is 33.2 Å². The van der Waals surface area contributed by atoms with E-state index in [9.17, 15) is 4.79 Å². The van der Waals surface area contributed by atoms with Gasteiger partial charge in [0.25, 0.3) is 0 Å². The van der Waals surface area contributed by atoms with Crippen LogP contribution < -0.4 is 5.32 Å². The third-order valence-electron chi connectivity index (χ3n) is 3.99. The molecule has 0 saturated carbocycles. The molecule has 23 heavy (non-hydrogen) atoms. The molecule has 0 saturated heterocycles. The number of para-hydroxylation sites is 2. The lowest BCUT2D eigenvalue weighted by Gasteiger charge is -2.14. The van der Waals surface area contributed by atoms with Crippen molar-refractivity contribution in [2.24, 2.45) is 0 Å². The zero-order valence-electron chi connectivity index (χ0n) is 13.5. The molecule has 6 heteroatoms. The third-order valence-corrected chi connectivity index (χ3v) is 5.12. The Labute approximate surface area is 139 Å². The Morgan fingerprint density at radius 1 is 1.35 bits per heavy atom. The molecule has 5 nitrogen and oxygen atoms in total. The number of thiazole rings is 1. The lowest BCUT2D eigenvalue weighted by molar-refractivity contribution is -0.123. The smallest absolute Gasteiger partial charge is 0.242 e. The van der Waals surface area contributed by atoms with Gasteiger partial charge in [-0.25, -0.2) is 9.97 Å². The molecule has 0 aliphatic rings. The first kappa shape index (κ1) is 15.7. The van der Waals surface area contributed by atoms with Gasteiger partial charge in [0.1, 0.15) is 6.04 Å². The van der Waals surface area contributed by atoms with Crippen LogP contribution in [0, 0.1) is 13.8 Å². The SMILES string of the molecule is Cc1nc(CCNC(=O)C(C)n2cnc3ccccc32)sc1C.